The second kappa shape index (κ2) is 3.17. The smallest absolute Gasteiger partial charge is 0.309 e. The molecule has 0 radical (unpaired) electrons. The van der Waals surface area contributed by atoms with Gasteiger partial charge in [0.05, 0.1) is 6.42 Å². The molecule has 0 saturated carbocycles. The highest BCUT2D eigenvalue weighted by atomic mass is 19.1. The van der Waals surface area contributed by atoms with Gasteiger partial charge in [-0.1, -0.05) is 0 Å². The molecule has 4 nitrogen and oxygen atoms in total. The summed E-state index contributed by atoms with van der Waals surface area (Å²) in [5.41, 5.74) is -0.706. The SMILES string of the molecule is O=C(O)Cc1ccc(F)c(=O)[nH]1. The number of pyridine rings is 1. The topological polar surface area (TPSA) is 70.2 Å². The first-order chi connectivity index (χ1) is 5.59. The summed E-state index contributed by atoms with van der Waals surface area (Å²) in [7, 11) is 0. The number of aliphatic carboxylic acids is 1. The molecule has 5 heteroatoms. The zero-order valence-corrected chi connectivity index (χ0v) is 6.00. The Labute approximate surface area is 66.7 Å². The van der Waals surface area contributed by atoms with E-state index < -0.39 is 17.3 Å². The van der Waals surface area contributed by atoms with Crippen molar-refractivity contribution in [3.05, 3.63) is 34.0 Å². The quantitative estimate of drug-likeness (QED) is 0.664. The minimum atomic E-state index is -1.07. The van der Waals surface area contributed by atoms with Crippen LogP contribution in [0, 0.1) is 5.82 Å². The number of aromatic nitrogens is 1. The Morgan fingerprint density at radius 3 is 2.75 bits per heavy atom. The molecule has 0 amide bonds. The number of halogens is 1. The van der Waals surface area contributed by atoms with E-state index in [-0.39, 0.29) is 12.1 Å². The number of hydrogen-bond donors (Lipinski definition) is 2. The number of nitrogens with one attached hydrogen (secondary N) is 1. The standard InChI is InChI=1S/C7H6FNO3/c8-5-2-1-4(3-6(10)11)9-7(5)12/h1-2H,3H2,(H,9,12)(H,10,11). The van der Waals surface area contributed by atoms with Gasteiger partial charge in [0.1, 0.15) is 0 Å². The summed E-state index contributed by atoms with van der Waals surface area (Å²) in [6, 6.07) is 2.17. The maximum Gasteiger partial charge on any atom is 0.309 e. The first-order valence-electron chi connectivity index (χ1n) is 3.19. The summed E-state index contributed by atoms with van der Waals surface area (Å²) in [5.74, 6) is -1.98. The lowest BCUT2D eigenvalue weighted by molar-refractivity contribution is -0.136. The average molecular weight is 171 g/mol. The van der Waals surface area contributed by atoms with Crippen LogP contribution in [0.1, 0.15) is 5.69 Å². The molecule has 0 aliphatic rings. The summed E-state index contributed by atoms with van der Waals surface area (Å²) < 4.78 is 12.3. The summed E-state index contributed by atoms with van der Waals surface area (Å²) in [4.78, 5) is 22.8. The highest BCUT2D eigenvalue weighted by Crippen LogP contribution is 1.94. The fourth-order valence-electron chi connectivity index (χ4n) is 0.763. The Morgan fingerprint density at radius 2 is 2.25 bits per heavy atom. The second-order valence-corrected chi connectivity index (χ2v) is 2.23. The van der Waals surface area contributed by atoms with E-state index in [1.165, 1.54) is 6.07 Å². The summed E-state index contributed by atoms with van der Waals surface area (Å²) >= 11 is 0. The van der Waals surface area contributed by atoms with Crippen LogP contribution in [-0.4, -0.2) is 16.1 Å². The van der Waals surface area contributed by atoms with Gasteiger partial charge in [0, 0.05) is 5.69 Å². The molecule has 1 rings (SSSR count). The molecule has 64 valence electrons. The van der Waals surface area contributed by atoms with Gasteiger partial charge in [-0.3, -0.25) is 9.59 Å². The lowest BCUT2D eigenvalue weighted by Crippen LogP contribution is -2.14. The molecule has 1 aromatic heterocycles. The molecule has 0 saturated heterocycles. The molecule has 0 aliphatic carbocycles. The van der Waals surface area contributed by atoms with Crippen molar-refractivity contribution < 1.29 is 14.3 Å². The van der Waals surface area contributed by atoms with E-state index in [9.17, 15) is 14.0 Å². The van der Waals surface area contributed by atoms with Crippen LogP contribution < -0.4 is 5.56 Å². The van der Waals surface area contributed by atoms with Crippen molar-refractivity contribution in [1.29, 1.82) is 0 Å². The van der Waals surface area contributed by atoms with E-state index in [2.05, 4.69) is 4.98 Å². The lowest BCUT2D eigenvalue weighted by Gasteiger charge is -1.95. The third kappa shape index (κ3) is 1.91. The number of rotatable bonds is 2. The molecule has 0 spiro atoms. The summed E-state index contributed by atoms with van der Waals surface area (Å²) in [5, 5.41) is 8.31. The van der Waals surface area contributed by atoms with E-state index in [1.54, 1.807) is 0 Å². The summed E-state index contributed by atoms with van der Waals surface area (Å²) in [6.45, 7) is 0. The van der Waals surface area contributed by atoms with Crippen molar-refractivity contribution in [2.75, 3.05) is 0 Å². The Hall–Kier alpha value is -1.65. The van der Waals surface area contributed by atoms with Gasteiger partial charge in [-0.25, -0.2) is 4.39 Å². The van der Waals surface area contributed by atoms with Crippen LogP contribution >= 0.6 is 0 Å². The first kappa shape index (κ1) is 8.45. The van der Waals surface area contributed by atoms with Gasteiger partial charge in [-0.15, -0.1) is 0 Å². The number of carboxylic acid groups (broad SMARTS) is 1. The van der Waals surface area contributed by atoms with Crippen LogP contribution in [0.25, 0.3) is 0 Å². The molecule has 2 N–H and O–H groups in total. The highest BCUT2D eigenvalue weighted by molar-refractivity contribution is 5.69. The zero-order valence-electron chi connectivity index (χ0n) is 6.00. The van der Waals surface area contributed by atoms with Crippen molar-refractivity contribution >= 4 is 5.97 Å². The third-order valence-corrected chi connectivity index (χ3v) is 1.26. The number of H-pyrrole nitrogens is 1. The average Bonchev–Trinajstić information content (AvgIpc) is 1.96. The lowest BCUT2D eigenvalue weighted by atomic mass is 10.3. The van der Waals surface area contributed by atoms with Crippen molar-refractivity contribution in [3.8, 4) is 0 Å². The second-order valence-electron chi connectivity index (χ2n) is 2.23. The maximum absolute atomic E-state index is 12.3. The van der Waals surface area contributed by atoms with Crippen LogP contribution in [0.15, 0.2) is 16.9 Å². The number of carbonyl (C=O) groups is 1. The molecular weight excluding hydrogens is 165 g/mol. The van der Waals surface area contributed by atoms with Gasteiger partial charge in [0.2, 0.25) is 0 Å². The molecule has 1 aromatic rings. The predicted molar refractivity (Wildman–Crippen MR) is 38.4 cm³/mol. The van der Waals surface area contributed by atoms with Gasteiger partial charge in [-0.05, 0) is 12.1 Å². The van der Waals surface area contributed by atoms with Crippen LogP contribution in [0.5, 0.6) is 0 Å². The predicted octanol–water partition coefficient (Wildman–Crippen LogP) is 0.141. The molecule has 12 heavy (non-hydrogen) atoms. The first-order valence-corrected chi connectivity index (χ1v) is 3.19. The van der Waals surface area contributed by atoms with Gasteiger partial charge >= 0.3 is 5.97 Å². The van der Waals surface area contributed by atoms with E-state index >= 15 is 0 Å². The minimum Gasteiger partial charge on any atom is -0.481 e. The van der Waals surface area contributed by atoms with E-state index in [0.29, 0.717) is 0 Å². The van der Waals surface area contributed by atoms with Gasteiger partial charge in [-0.2, -0.15) is 0 Å². The normalized spacial score (nSPS) is 9.75. The highest BCUT2D eigenvalue weighted by Gasteiger charge is 2.02. The Bertz CT molecular complexity index is 358. The molecule has 1 heterocycles. The largest absolute Gasteiger partial charge is 0.481 e. The van der Waals surface area contributed by atoms with Crippen molar-refractivity contribution in [3.63, 3.8) is 0 Å². The Kier molecular flexibility index (Phi) is 2.23. The van der Waals surface area contributed by atoms with Crippen LogP contribution in [-0.2, 0) is 11.2 Å². The van der Waals surface area contributed by atoms with E-state index in [1.807, 2.05) is 0 Å². The zero-order chi connectivity index (χ0) is 9.14. The molecule has 0 aromatic carbocycles. The summed E-state index contributed by atoms with van der Waals surface area (Å²) in [6.07, 6.45) is -0.310. The Balaban J connectivity index is 2.97. The Morgan fingerprint density at radius 1 is 1.58 bits per heavy atom. The minimum absolute atomic E-state index is 0.189. The van der Waals surface area contributed by atoms with Crippen LogP contribution in [0.4, 0.5) is 4.39 Å². The van der Waals surface area contributed by atoms with Gasteiger partial charge < -0.3 is 10.1 Å². The van der Waals surface area contributed by atoms with Crippen molar-refractivity contribution in [2.45, 2.75) is 6.42 Å². The molecule has 0 bridgehead atoms. The molecule has 0 unspecified atom stereocenters. The molecule has 0 fully saturated rings. The van der Waals surface area contributed by atoms with E-state index in [0.717, 1.165) is 6.07 Å². The molecular formula is C7H6FNO3. The number of aromatic amines is 1. The third-order valence-electron chi connectivity index (χ3n) is 1.26. The van der Waals surface area contributed by atoms with E-state index in [4.69, 9.17) is 5.11 Å². The monoisotopic (exact) mass is 171 g/mol. The number of carboxylic acids is 1. The van der Waals surface area contributed by atoms with Gasteiger partial charge in [0.15, 0.2) is 5.82 Å². The fourth-order valence-corrected chi connectivity index (χ4v) is 0.763. The van der Waals surface area contributed by atoms with Crippen LogP contribution in [0.3, 0.4) is 0 Å². The number of hydrogen-bond acceptors (Lipinski definition) is 2. The molecule has 0 atom stereocenters. The maximum atomic E-state index is 12.3. The fraction of sp³-hybridized carbons (Fsp3) is 0.143. The van der Waals surface area contributed by atoms with Crippen molar-refractivity contribution in [2.24, 2.45) is 0 Å². The van der Waals surface area contributed by atoms with Crippen molar-refractivity contribution in [1.82, 2.24) is 4.98 Å². The van der Waals surface area contributed by atoms with Gasteiger partial charge in [0.25, 0.3) is 5.56 Å². The molecule has 0 aliphatic heterocycles. The van der Waals surface area contributed by atoms with Crippen LogP contribution in [0.2, 0.25) is 0 Å².